The lowest BCUT2D eigenvalue weighted by atomic mass is 10.0. The zero-order chi connectivity index (χ0) is 11.1. The maximum absolute atomic E-state index is 8.65. The number of rotatable bonds is 6. The van der Waals surface area contributed by atoms with Gasteiger partial charge in [0.1, 0.15) is 5.75 Å². The Morgan fingerprint density at radius 1 is 1.33 bits per heavy atom. The van der Waals surface area contributed by atoms with Crippen LogP contribution < -0.4 is 4.74 Å². The molecular weight excluding hydrogens is 188 g/mol. The molecule has 0 amide bonds. The Morgan fingerprint density at radius 2 is 2.13 bits per heavy atom. The molecule has 0 aliphatic carbocycles. The third kappa shape index (κ3) is 3.92. The van der Waals surface area contributed by atoms with Crippen LogP contribution >= 0.6 is 0 Å². The summed E-state index contributed by atoms with van der Waals surface area (Å²) in [6.07, 6.45) is 2.95. The van der Waals surface area contributed by atoms with Gasteiger partial charge in [-0.15, -0.1) is 0 Å². The summed E-state index contributed by atoms with van der Waals surface area (Å²) in [5.41, 5.74) is 2.69. The molecule has 0 heterocycles. The normalized spacial score (nSPS) is 10.3. The van der Waals surface area contributed by atoms with Gasteiger partial charge in [-0.05, 0) is 36.6 Å². The molecule has 0 spiro atoms. The van der Waals surface area contributed by atoms with Gasteiger partial charge >= 0.3 is 0 Å². The highest BCUT2D eigenvalue weighted by Crippen LogP contribution is 2.18. The molecule has 1 aromatic carbocycles. The van der Waals surface area contributed by atoms with Crippen LogP contribution in [0.25, 0.3) is 0 Å². The number of ether oxygens (including phenoxy) is 1. The first-order valence-electron chi connectivity index (χ1n) is 5.61. The Morgan fingerprint density at radius 3 is 2.80 bits per heavy atom. The van der Waals surface area contributed by atoms with Crippen molar-refractivity contribution in [2.75, 3.05) is 13.2 Å². The molecule has 0 fully saturated rings. The number of aryl methyl sites for hydroxylation is 2. The van der Waals surface area contributed by atoms with Crippen LogP contribution in [0.15, 0.2) is 18.2 Å². The van der Waals surface area contributed by atoms with E-state index in [1.54, 1.807) is 0 Å². The van der Waals surface area contributed by atoms with Gasteiger partial charge in [0.25, 0.3) is 0 Å². The SMILES string of the molecule is CCCc1cc(OCCCO)ccc1C. The Labute approximate surface area is 91.9 Å². The molecule has 1 rings (SSSR count). The fraction of sp³-hybridized carbons (Fsp3) is 0.538. The zero-order valence-corrected chi connectivity index (χ0v) is 9.62. The first kappa shape index (κ1) is 12.1. The second-order valence-electron chi connectivity index (χ2n) is 3.76. The van der Waals surface area contributed by atoms with E-state index in [9.17, 15) is 0 Å². The Hall–Kier alpha value is -1.02. The van der Waals surface area contributed by atoms with E-state index in [0.717, 1.165) is 18.6 Å². The summed E-state index contributed by atoms with van der Waals surface area (Å²) < 4.78 is 5.53. The van der Waals surface area contributed by atoms with Gasteiger partial charge in [-0.25, -0.2) is 0 Å². The molecule has 2 heteroatoms. The molecule has 0 aliphatic rings. The highest BCUT2D eigenvalue weighted by molar-refractivity contribution is 5.34. The van der Waals surface area contributed by atoms with Crippen molar-refractivity contribution in [2.24, 2.45) is 0 Å². The maximum atomic E-state index is 8.65. The van der Waals surface area contributed by atoms with Crippen molar-refractivity contribution < 1.29 is 9.84 Å². The molecule has 1 N–H and O–H groups in total. The number of hydrogen-bond donors (Lipinski definition) is 1. The molecule has 0 aromatic heterocycles. The van der Waals surface area contributed by atoms with Gasteiger partial charge in [0.2, 0.25) is 0 Å². The third-order valence-corrected chi connectivity index (χ3v) is 2.41. The minimum absolute atomic E-state index is 0.188. The molecule has 0 bridgehead atoms. The molecule has 0 radical (unpaired) electrons. The van der Waals surface area contributed by atoms with Gasteiger partial charge in [0, 0.05) is 13.0 Å². The lowest BCUT2D eigenvalue weighted by Crippen LogP contribution is -2.00. The van der Waals surface area contributed by atoms with E-state index in [2.05, 4.69) is 26.0 Å². The number of aliphatic hydroxyl groups excluding tert-OH is 1. The minimum atomic E-state index is 0.188. The third-order valence-electron chi connectivity index (χ3n) is 2.41. The van der Waals surface area contributed by atoms with Gasteiger partial charge in [-0.3, -0.25) is 0 Å². The van der Waals surface area contributed by atoms with Crippen LogP contribution in [-0.2, 0) is 6.42 Å². The summed E-state index contributed by atoms with van der Waals surface area (Å²) in [6, 6.07) is 6.20. The van der Waals surface area contributed by atoms with Crippen LogP contribution in [-0.4, -0.2) is 18.3 Å². The summed E-state index contributed by atoms with van der Waals surface area (Å²) in [5, 5.41) is 8.65. The summed E-state index contributed by atoms with van der Waals surface area (Å²) in [5.74, 6) is 0.914. The van der Waals surface area contributed by atoms with Crippen LogP contribution in [0.2, 0.25) is 0 Å². The van der Waals surface area contributed by atoms with Gasteiger partial charge in [0.15, 0.2) is 0 Å². The molecule has 0 saturated heterocycles. The fourth-order valence-corrected chi connectivity index (χ4v) is 1.53. The molecular formula is C13H20O2. The van der Waals surface area contributed by atoms with Crippen LogP contribution in [0, 0.1) is 6.92 Å². The van der Waals surface area contributed by atoms with Crippen molar-refractivity contribution >= 4 is 0 Å². The summed E-state index contributed by atoms with van der Waals surface area (Å²) >= 11 is 0. The van der Waals surface area contributed by atoms with E-state index in [1.807, 2.05) is 6.07 Å². The second-order valence-corrected chi connectivity index (χ2v) is 3.76. The standard InChI is InChI=1S/C13H20O2/c1-3-5-12-10-13(7-6-11(12)2)15-9-4-8-14/h6-7,10,14H,3-5,8-9H2,1-2H3. The zero-order valence-electron chi connectivity index (χ0n) is 9.62. The van der Waals surface area contributed by atoms with Gasteiger partial charge in [-0.1, -0.05) is 19.4 Å². The summed E-state index contributed by atoms with van der Waals surface area (Å²) in [4.78, 5) is 0. The van der Waals surface area contributed by atoms with Crippen LogP contribution in [0.3, 0.4) is 0 Å². The van der Waals surface area contributed by atoms with Crippen LogP contribution in [0.1, 0.15) is 30.9 Å². The smallest absolute Gasteiger partial charge is 0.119 e. The predicted octanol–water partition coefficient (Wildman–Crippen LogP) is 2.71. The van der Waals surface area contributed by atoms with Crippen molar-refractivity contribution in [2.45, 2.75) is 33.1 Å². The molecule has 0 aliphatic heterocycles. The maximum Gasteiger partial charge on any atom is 0.119 e. The predicted molar refractivity (Wildman–Crippen MR) is 62.4 cm³/mol. The molecule has 84 valence electrons. The molecule has 2 nitrogen and oxygen atoms in total. The average Bonchev–Trinajstić information content (AvgIpc) is 2.23. The minimum Gasteiger partial charge on any atom is -0.493 e. The lowest BCUT2D eigenvalue weighted by Gasteiger charge is -2.09. The second kappa shape index (κ2) is 6.46. The van der Waals surface area contributed by atoms with Crippen molar-refractivity contribution in [1.29, 1.82) is 0 Å². The van der Waals surface area contributed by atoms with E-state index in [0.29, 0.717) is 13.0 Å². The molecule has 1 aromatic rings. The quantitative estimate of drug-likeness (QED) is 0.728. The molecule has 0 atom stereocenters. The Bertz CT molecular complexity index is 295. The first-order valence-corrected chi connectivity index (χ1v) is 5.61. The van der Waals surface area contributed by atoms with Crippen molar-refractivity contribution in [3.05, 3.63) is 29.3 Å². The molecule has 0 saturated carbocycles. The Kier molecular flexibility index (Phi) is 5.19. The van der Waals surface area contributed by atoms with Crippen molar-refractivity contribution in [3.8, 4) is 5.75 Å². The fourth-order valence-electron chi connectivity index (χ4n) is 1.53. The topological polar surface area (TPSA) is 29.5 Å². The monoisotopic (exact) mass is 208 g/mol. The van der Waals surface area contributed by atoms with Crippen molar-refractivity contribution in [1.82, 2.24) is 0 Å². The van der Waals surface area contributed by atoms with E-state index >= 15 is 0 Å². The largest absolute Gasteiger partial charge is 0.493 e. The highest BCUT2D eigenvalue weighted by Gasteiger charge is 2.00. The van der Waals surface area contributed by atoms with E-state index in [-0.39, 0.29) is 6.61 Å². The van der Waals surface area contributed by atoms with Crippen LogP contribution in [0.4, 0.5) is 0 Å². The van der Waals surface area contributed by atoms with E-state index < -0.39 is 0 Å². The summed E-state index contributed by atoms with van der Waals surface area (Å²) in [6.45, 7) is 5.08. The molecule has 15 heavy (non-hydrogen) atoms. The Balaban J connectivity index is 2.61. The van der Waals surface area contributed by atoms with Crippen molar-refractivity contribution in [3.63, 3.8) is 0 Å². The van der Waals surface area contributed by atoms with E-state index in [4.69, 9.17) is 9.84 Å². The van der Waals surface area contributed by atoms with Gasteiger partial charge in [0.05, 0.1) is 6.61 Å². The number of hydrogen-bond acceptors (Lipinski definition) is 2. The summed E-state index contributed by atoms with van der Waals surface area (Å²) in [7, 11) is 0. The number of benzene rings is 1. The average molecular weight is 208 g/mol. The number of aliphatic hydroxyl groups is 1. The molecule has 0 unspecified atom stereocenters. The first-order chi connectivity index (χ1) is 7.27. The van der Waals surface area contributed by atoms with Crippen LogP contribution in [0.5, 0.6) is 5.75 Å². The van der Waals surface area contributed by atoms with Gasteiger partial charge < -0.3 is 9.84 Å². The lowest BCUT2D eigenvalue weighted by molar-refractivity contribution is 0.233. The van der Waals surface area contributed by atoms with Gasteiger partial charge in [-0.2, -0.15) is 0 Å². The van der Waals surface area contributed by atoms with E-state index in [1.165, 1.54) is 11.1 Å². The highest BCUT2D eigenvalue weighted by atomic mass is 16.5.